The zero-order chi connectivity index (χ0) is 31.2. The highest BCUT2D eigenvalue weighted by Gasteiger charge is 2.62. The number of nitrogens with two attached hydrogens (primary N) is 1. The molecule has 0 aromatic carbocycles. The number of H-pyrrole nitrogens is 1. The van der Waals surface area contributed by atoms with Crippen molar-refractivity contribution in [1.82, 2.24) is 19.5 Å². The number of aliphatic hydroxyl groups excluding tert-OH is 3. The number of ether oxygens (including phenoxy) is 6. The second-order valence-electron chi connectivity index (χ2n) is 10.4. The third-order valence-corrected chi connectivity index (χ3v) is 9.06. The fourth-order valence-electron chi connectivity index (χ4n) is 5.35. The molecule has 0 spiro atoms. The molecule has 6 rings (SSSR count). The Kier molecular flexibility index (Phi) is 7.53. The van der Waals surface area contributed by atoms with E-state index in [0.717, 1.165) is 4.57 Å². The number of phosphoric ester groups is 1. The first-order valence-corrected chi connectivity index (χ1v) is 15.5. The Hall–Kier alpha value is -2.11. The van der Waals surface area contributed by atoms with E-state index in [1.165, 1.54) is 13.8 Å². The summed E-state index contributed by atoms with van der Waals surface area (Å²) in [5, 5.41) is 31.8. The van der Waals surface area contributed by atoms with Crippen LogP contribution in [0, 0.1) is 0 Å². The number of aromatic nitrogens is 4. The Morgan fingerprint density at radius 3 is 2.40 bits per heavy atom. The van der Waals surface area contributed by atoms with Crippen molar-refractivity contribution in [3.05, 3.63) is 10.4 Å². The predicted molar refractivity (Wildman–Crippen MR) is 131 cm³/mol. The minimum atomic E-state index is -5.69. The summed E-state index contributed by atoms with van der Waals surface area (Å²) in [5.41, 5.74) is 4.47. The minimum absolute atomic E-state index is 0.204. The van der Waals surface area contributed by atoms with E-state index in [2.05, 4.69) is 19.3 Å². The molecule has 4 bridgehead atoms. The maximum Gasteiger partial charge on any atom is 0.483 e. The standard InChI is InChI=1S/C19H27N5O17P2/c1-19(2)38-9-10(39-19)14-24-12-5(13(28)23-17(20)22-12)21-18(24)37-15-7(27)8(6(26)4(3-25)34-15)36-16(11(9)35-14)40-43(32,33)41-42(29,30)31/h4,6-11,14-16,25-27H,3H2,1-2H3,(H,32,33)(H2,29,30,31)(H3,20,22,23,28)/t4-,6-,7+,8+,9+,10-,11+,14-,15-,16+/m1/s1. The van der Waals surface area contributed by atoms with E-state index in [1.807, 2.05) is 0 Å². The third kappa shape index (κ3) is 5.63. The quantitative estimate of drug-likeness (QED) is 0.147. The van der Waals surface area contributed by atoms with Gasteiger partial charge in [0, 0.05) is 0 Å². The number of aliphatic hydroxyl groups is 3. The maximum absolute atomic E-state index is 12.7. The fourth-order valence-corrected chi connectivity index (χ4v) is 7.01. The van der Waals surface area contributed by atoms with Gasteiger partial charge in [-0.15, -0.1) is 0 Å². The Labute approximate surface area is 239 Å². The van der Waals surface area contributed by atoms with Crippen molar-refractivity contribution >= 4 is 32.8 Å². The van der Waals surface area contributed by atoms with Gasteiger partial charge in [-0.1, -0.05) is 0 Å². The molecule has 2 aromatic heterocycles. The molecule has 6 heterocycles. The highest BCUT2D eigenvalue weighted by Crippen LogP contribution is 2.59. The van der Waals surface area contributed by atoms with Crippen molar-refractivity contribution in [2.75, 3.05) is 12.3 Å². The zero-order valence-corrected chi connectivity index (χ0v) is 23.8. The molecule has 43 heavy (non-hydrogen) atoms. The van der Waals surface area contributed by atoms with Crippen LogP contribution in [-0.2, 0) is 41.6 Å². The van der Waals surface area contributed by atoms with Crippen LogP contribution < -0.4 is 16.0 Å². The number of rotatable bonds is 5. The smallest absolute Gasteiger partial charge is 0.432 e. The minimum Gasteiger partial charge on any atom is -0.432 e. The van der Waals surface area contributed by atoms with Gasteiger partial charge < -0.3 is 64.2 Å². The first kappa shape index (κ1) is 30.9. The number of hydrogen-bond donors (Lipinski definition) is 8. The van der Waals surface area contributed by atoms with Crippen LogP contribution >= 0.6 is 15.6 Å². The van der Waals surface area contributed by atoms with Crippen LogP contribution in [0.5, 0.6) is 6.01 Å². The van der Waals surface area contributed by atoms with Gasteiger partial charge >= 0.3 is 21.7 Å². The molecule has 11 atom stereocenters. The largest absolute Gasteiger partial charge is 0.483 e. The van der Waals surface area contributed by atoms with Crippen LogP contribution in [-0.4, -0.2) is 117 Å². The lowest BCUT2D eigenvalue weighted by atomic mass is 9.98. The molecule has 9 N–H and O–H groups in total. The van der Waals surface area contributed by atoms with Crippen molar-refractivity contribution < 1.29 is 76.4 Å². The summed E-state index contributed by atoms with van der Waals surface area (Å²) in [6.45, 7) is 2.20. The number of nitrogen functional groups attached to an aromatic ring is 1. The molecule has 2 aromatic rings. The Morgan fingerprint density at radius 2 is 1.72 bits per heavy atom. The molecule has 0 radical (unpaired) electrons. The van der Waals surface area contributed by atoms with Crippen molar-refractivity contribution in [3.63, 3.8) is 0 Å². The zero-order valence-electron chi connectivity index (χ0n) is 22.0. The lowest BCUT2D eigenvalue weighted by molar-refractivity contribution is -0.316. The molecule has 3 saturated heterocycles. The van der Waals surface area contributed by atoms with Gasteiger partial charge in [0.1, 0.15) is 42.7 Å². The molecule has 4 aliphatic rings. The average molecular weight is 659 g/mol. The van der Waals surface area contributed by atoms with Crippen LogP contribution in [0.2, 0.25) is 0 Å². The lowest BCUT2D eigenvalue weighted by Crippen LogP contribution is -2.62. The number of nitrogens with zero attached hydrogens (tertiary/aromatic N) is 3. The van der Waals surface area contributed by atoms with Crippen LogP contribution in [0.3, 0.4) is 0 Å². The van der Waals surface area contributed by atoms with Crippen LogP contribution in [0.1, 0.15) is 20.1 Å². The van der Waals surface area contributed by atoms with Gasteiger partial charge in [-0.3, -0.25) is 14.3 Å². The number of imidazole rings is 1. The van der Waals surface area contributed by atoms with E-state index in [-0.39, 0.29) is 17.1 Å². The average Bonchev–Trinajstić information content (AvgIpc) is 3.48. The van der Waals surface area contributed by atoms with E-state index in [0.29, 0.717) is 0 Å². The normalized spacial score (nSPS) is 38.5. The van der Waals surface area contributed by atoms with Gasteiger partial charge in [0.15, 0.2) is 29.5 Å². The van der Waals surface area contributed by atoms with E-state index >= 15 is 0 Å². The molecule has 22 nitrogen and oxygen atoms in total. The van der Waals surface area contributed by atoms with E-state index in [4.69, 9.17) is 48.5 Å². The Balaban J connectivity index is 1.55. The van der Waals surface area contributed by atoms with Gasteiger partial charge in [0.25, 0.3) is 5.56 Å². The molecule has 240 valence electrons. The topological polar surface area (TPSA) is 319 Å². The van der Waals surface area contributed by atoms with Crippen LogP contribution in [0.15, 0.2) is 4.79 Å². The maximum atomic E-state index is 12.7. The van der Waals surface area contributed by atoms with E-state index in [9.17, 15) is 34.1 Å². The van der Waals surface area contributed by atoms with E-state index < -0.39 is 101 Å². The van der Waals surface area contributed by atoms with Gasteiger partial charge in [-0.25, -0.2) is 13.7 Å². The summed E-state index contributed by atoms with van der Waals surface area (Å²) in [5.74, 6) is -1.67. The van der Waals surface area contributed by atoms with Crippen molar-refractivity contribution in [1.29, 1.82) is 0 Å². The number of nitrogens with one attached hydrogen (secondary N) is 1. The SMILES string of the molecule is CC1(C)O[C@@H]2[C@@H]3O[C@H]([C@@H]2O1)n1c(nc2c(=O)[nH]c(N)nc21)O[C@H]1O[C@H](CO)[C@@H](O)[C@H](O[C@H]3OP(=O)(O)OP(=O)(O)O)[C@@H]1O. The number of aromatic amines is 1. The van der Waals surface area contributed by atoms with Crippen molar-refractivity contribution in [2.45, 2.75) is 81.2 Å². The number of fused-ring (bicyclic) bond motifs is 11. The second-order valence-corrected chi connectivity index (χ2v) is 13.2. The summed E-state index contributed by atoms with van der Waals surface area (Å²) in [7, 11) is -11.3. The highest BCUT2D eigenvalue weighted by atomic mass is 31.3. The van der Waals surface area contributed by atoms with Crippen molar-refractivity contribution in [2.24, 2.45) is 0 Å². The second kappa shape index (κ2) is 10.5. The summed E-state index contributed by atoms with van der Waals surface area (Å²) >= 11 is 0. The van der Waals surface area contributed by atoms with Crippen molar-refractivity contribution in [3.8, 4) is 6.01 Å². The van der Waals surface area contributed by atoms with E-state index in [1.54, 1.807) is 0 Å². The molecule has 24 heteroatoms. The first-order chi connectivity index (χ1) is 20.0. The summed E-state index contributed by atoms with van der Waals surface area (Å²) < 4.78 is 69.3. The predicted octanol–water partition coefficient (Wildman–Crippen LogP) is -3.11. The lowest BCUT2D eigenvalue weighted by Gasteiger charge is -2.42. The fraction of sp³-hybridized carbons (Fsp3) is 0.737. The van der Waals surface area contributed by atoms with Gasteiger partial charge in [0.05, 0.1) is 6.61 Å². The molecular formula is C19H27N5O17P2. The van der Waals surface area contributed by atoms with Crippen LogP contribution in [0.4, 0.5) is 5.95 Å². The number of phosphoric acid groups is 2. The van der Waals surface area contributed by atoms with Crippen LogP contribution in [0.25, 0.3) is 11.2 Å². The van der Waals surface area contributed by atoms with Gasteiger partial charge in [0.2, 0.25) is 12.2 Å². The molecule has 4 aliphatic heterocycles. The van der Waals surface area contributed by atoms with Gasteiger partial charge in [-0.2, -0.15) is 14.3 Å². The number of anilines is 1. The first-order valence-electron chi connectivity index (χ1n) is 12.5. The molecular weight excluding hydrogens is 632 g/mol. The molecule has 0 saturated carbocycles. The Bertz CT molecular complexity index is 1560. The summed E-state index contributed by atoms with van der Waals surface area (Å²) in [4.78, 5) is 51.8. The molecule has 0 aliphatic carbocycles. The molecule has 0 amide bonds. The number of hydrogen-bond acceptors (Lipinski definition) is 17. The monoisotopic (exact) mass is 659 g/mol. The highest BCUT2D eigenvalue weighted by molar-refractivity contribution is 7.60. The summed E-state index contributed by atoms with van der Waals surface area (Å²) in [6.07, 6.45) is -16.6. The summed E-state index contributed by atoms with van der Waals surface area (Å²) in [6, 6.07) is -0.441. The van der Waals surface area contributed by atoms with Gasteiger partial charge in [-0.05, 0) is 13.8 Å². The third-order valence-electron chi connectivity index (χ3n) is 6.91. The molecule has 3 fully saturated rings. The Morgan fingerprint density at radius 1 is 1.02 bits per heavy atom. The molecule has 1 unspecified atom stereocenters.